The first kappa shape index (κ1) is 15.5. The Morgan fingerprint density at radius 3 is 2.41 bits per heavy atom. The predicted octanol–water partition coefficient (Wildman–Crippen LogP) is 5.99. The number of hydrogen-bond donors (Lipinski definition) is 2. The summed E-state index contributed by atoms with van der Waals surface area (Å²) in [4.78, 5) is 0. The van der Waals surface area contributed by atoms with Gasteiger partial charge in [0.25, 0.3) is 0 Å². The van der Waals surface area contributed by atoms with E-state index in [-0.39, 0.29) is 6.04 Å². The fourth-order valence-corrected chi connectivity index (χ4v) is 3.48. The summed E-state index contributed by atoms with van der Waals surface area (Å²) in [5.41, 5.74) is 3.46. The average Bonchev–Trinajstić information content (AvgIpc) is 2.52. The van der Waals surface area contributed by atoms with Gasteiger partial charge in [0.2, 0.25) is 0 Å². The van der Waals surface area contributed by atoms with Crippen LogP contribution in [-0.2, 0) is 0 Å². The molecule has 3 atom stereocenters. The van der Waals surface area contributed by atoms with Crippen molar-refractivity contribution in [2.24, 2.45) is 5.92 Å². The van der Waals surface area contributed by atoms with Crippen LogP contribution < -0.4 is 10.6 Å². The second-order valence-corrected chi connectivity index (χ2v) is 6.75. The van der Waals surface area contributed by atoms with Gasteiger partial charge in [-0.15, -0.1) is 0 Å². The minimum atomic E-state index is 0.223. The number of rotatable bonds is 3. The standard InChI is InChI=1S/C18H20Cl2N2/c1-3-16-11(2)18(21-14-7-4-12(19)5-8-14)15-10-13(20)6-9-17(15)22-16/h4-11,16,18,21-22H,3H2,1-2H3. The van der Waals surface area contributed by atoms with E-state index in [0.717, 1.165) is 22.2 Å². The van der Waals surface area contributed by atoms with Crippen LogP contribution in [0.1, 0.15) is 31.9 Å². The van der Waals surface area contributed by atoms with Gasteiger partial charge in [-0.05, 0) is 54.4 Å². The molecule has 1 heterocycles. The van der Waals surface area contributed by atoms with Gasteiger partial charge in [0.15, 0.2) is 0 Å². The van der Waals surface area contributed by atoms with E-state index in [1.54, 1.807) is 0 Å². The molecule has 2 aromatic carbocycles. The number of halogens is 2. The Hall–Kier alpha value is -1.38. The van der Waals surface area contributed by atoms with Crippen LogP contribution in [0.3, 0.4) is 0 Å². The van der Waals surface area contributed by atoms with Crippen molar-refractivity contribution in [2.75, 3.05) is 10.6 Å². The van der Waals surface area contributed by atoms with Crippen molar-refractivity contribution in [3.05, 3.63) is 58.1 Å². The lowest BCUT2D eigenvalue weighted by Crippen LogP contribution is -2.38. The first-order valence-corrected chi connectivity index (χ1v) is 8.42. The fourth-order valence-electron chi connectivity index (χ4n) is 3.18. The van der Waals surface area contributed by atoms with Crippen molar-refractivity contribution in [3.8, 4) is 0 Å². The van der Waals surface area contributed by atoms with Gasteiger partial charge in [0, 0.05) is 33.4 Å². The zero-order valence-electron chi connectivity index (χ0n) is 12.7. The molecule has 0 bridgehead atoms. The van der Waals surface area contributed by atoms with E-state index in [1.807, 2.05) is 30.3 Å². The molecule has 0 amide bonds. The van der Waals surface area contributed by atoms with Crippen molar-refractivity contribution in [3.63, 3.8) is 0 Å². The Morgan fingerprint density at radius 1 is 1.05 bits per heavy atom. The van der Waals surface area contributed by atoms with Gasteiger partial charge in [-0.25, -0.2) is 0 Å². The van der Waals surface area contributed by atoms with Crippen LogP contribution >= 0.6 is 23.2 Å². The lowest BCUT2D eigenvalue weighted by atomic mass is 9.82. The second-order valence-electron chi connectivity index (χ2n) is 5.88. The maximum Gasteiger partial charge on any atom is 0.0579 e. The van der Waals surface area contributed by atoms with Gasteiger partial charge in [-0.2, -0.15) is 0 Å². The first-order chi connectivity index (χ1) is 10.6. The minimum absolute atomic E-state index is 0.223. The molecule has 22 heavy (non-hydrogen) atoms. The van der Waals surface area contributed by atoms with Crippen LogP contribution in [0.4, 0.5) is 11.4 Å². The van der Waals surface area contributed by atoms with Gasteiger partial charge in [0.05, 0.1) is 6.04 Å². The van der Waals surface area contributed by atoms with Crippen molar-refractivity contribution < 1.29 is 0 Å². The Labute approximate surface area is 141 Å². The van der Waals surface area contributed by atoms with Crippen LogP contribution in [0.15, 0.2) is 42.5 Å². The summed E-state index contributed by atoms with van der Waals surface area (Å²) in [5.74, 6) is 0.451. The van der Waals surface area contributed by atoms with Crippen LogP contribution in [0.5, 0.6) is 0 Å². The maximum absolute atomic E-state index is 6.21. The molecule has 0 radical (unpaired) electrons. The molecule has 116 valence electrons. The number of benzene rings is 2. The molecule has 0 saturated heterocycles. The van der Waals surface area contributed by atoms with Gasteiger partial charge in [-0.3, -0.25) is 0 Å². The lowest BCUT2D eigenvalue weighted by Gasteiger charge is -2.39. The van der Waals surface area contributed by atoms with Crippen LogP contribution in [0.25, 0.3) is 0 Å². The molecular formula is C18H20Cl2N2. The summed E-state index contributed by atoms with van der Waals surface area (Å²) >= 11 is 12.2. The van der Waals surface area contributed by atoms with Crippen molar-refractivity contribution in [2.45, 2.75) is 32.4 Å². The number of fused-ring (bicyclic) bond motifs is 1. The molecule has 0 aliphatic carbocycles. The molecule has 3 rings (SSSR count). The van der Waals surface area contributed by atoms with E-state index in [9.17, 15) is 0 Å². The van der Waals surface area contributed by atoms with Gasteiger partial charge in [0.1, 0.15) is 0 Å². The molecule has 0 saturated carbocycles. The molecule has 0 spiro atoms. The third kappa shape index (κ3) is 3.04. The van der Waals surface area contributed by atoms with Crippen LogP contribution in [0, 0.1) is 5.92 Å². The van der Waals surface area contributed by atoms with E-state index in [4.69, 9.17) is 23.2 Å². The third-order valence-corrected chi connectivity index (χ3v) is 4.94. The van der Waals surface area contributed by atoms with Gasteiger partial charge >= 0.3 is 0 Å². The maximum atomic E-state index is 6.21. The van der Waals surface area contributed by atoms with E-state index in [0.29, 0.717) is 12.0 Å². The van der Waals surface area contributed by atoms with Gasteiger partial charge < -0.3 is 10.6 Å². The molecule has 2 aromatic rings. The smallest absolute Gasteiger partial charge is 0.0579 e. The summed E-state index contributed by atoms with van der Waals surface area (Å²) < 4.78 is 0. The monoisotopic (exact) mass is 334 g/mol. The minimum Gasteiger partial charge on any atom is -0.382 e. The molecule has 1 aliphatic rings. The first-order valence-electron chi connectivity index (χ1n) is 7.66. The molecule has 4 heteroatoms. The zero-order valence-corrected chi connectivity index (χ0v) is 14.2. The summed E-state index contributed by atoms with van der Waals surface area (Å²) in [7, 11) is 0. The number of nitrogens with one attached hydrogen (secondary N) is 2. The van der Waals surface area contributed by atoms with Crippen molar-refractivity contribution in [1.82, 2.24) is 0 Å². The fraction of sp³-hybridized carbons (Fsp3) is 0.333. The second kappa shape index (κ2) is 6.39. The van der Waals surface area contributed by atoms with E-state index in [1.165, 1.54) is 11.3 Å². The number of hydrogen-bond acceptors (Lipinski definition) is 2. The molecule has 0 aromatic heterocycles. The molecular weight excluding hydrogens is 315 g/mol. The quantitative estimate of drug-likeness (QED) is 0.720. The Bertz CT molecular complexity index is 655. The Balaban J connectivity index is 1.96. The molecule has 2 N–H and O–H groups in total. The predicted molar refractivity (Wildman–Crippen MR) is 96.1 cm³/mol. The van der Waals surface area contributed by atoms with E-state index in [2.05, 4.69) is 36.6 Å². The highest BCUT2D eigenvalue weighted by molar-refractivity contribution is 6.31. The van der Waals surface area contributed by atoms with E-state index < -0.39 is 0 Å². The van der Waals surface area contributed by atoms with Crippen molar-refractivity contribution >= 4 is 34.6 Å². The van der Waals surface area contributed by atoms with Gasteiger partial charge in [-0.1, -0.05) is 37.0 Å². The molecule has 0 fully saturated rings. The highest BCUT2D eigenvalue weighted by Gasteiger charge is 2.32. The highest BCUT2D eigenvalue weighted by atomic mass is 35.5. The normalized spacial score (nSPS) is 23.5. The zero-order chi connectivity index (χ0) is 15.7. The van der Waals surface area contributed by atoms with Crippen LogP contribution in [0.2, 0.25) is 10.0 Å². The van der Waals surface area contributed by atoms with E-state index >= 15 is 0 Å². The summed E-state index contributed by atoms with van der Waals surface area (Å²) in [6.45, 7) is 4.49. The molecule has 2 nitrogen and oxygen atoms in total. The largest absolute Gasteiger partial charge is 0.382 e. The number of anilines is 2. The summed E-state index contributed by atoms with van der Waals surface area (Å²) in [6, 6.07) is 14.6. The third-order valence-electron chi connectivity index (χ3n) is 4.46. The lowest BCUT2D eigenvalue weighted by molar-refractivity contribution is 0.400. The SMILES string of the molecule is CCC1Nc2ccc(Cl)cc2C(Nc2ccc(Cl)cc2)C1C. The highest BCUT2D eigenvalue weighted by Crippen LogP contribution is 2.40. The molecule has 3 unspecified atom stereocenters. The topological polar surface area (TPSA) is 24.1 Å². The summed E-state index contributed by atoms with van der Waals surface area (Å²) in [6.07, 6.45) is 1.09. The Kier molecular flexibility index (Phi) is 4.51. The Morgan fingerprint density at radius 2 is 1.73 bits per heavy atom. The van der Waals surface area contributed by atoms with Crippen LogP contribution in [-0.4, -0.2) is 6.04 Å². The average molecular weight is 335 g/mol. The molecule has 1 aliphatic heterocycles. The summed E-state index contributed by atoms with van der Waals surface area (Å²) in [5, 5.41) is 8.79. The van der Waals surface area contributed by atoms with Crippen molar-refractivity contribution in [1.29, 1.82) is 0 Å².